The number of sulfonamides is 1. The van der Waals surface area contributed by atoms with Gasteiger partial charge >= 0.3 is 0 Å². The summed E-state index contributed by atoms with van der Waals surface area (Å²) in [6.07, 6.45) is 5.53. The molecule has 3 N–H and O–H groups in total. The van der Waals surface area contributed by atoms with Crippen molar-refractivity contribution in [3.05, 3.63) is 6.20 Å². The van der Waals surface area contributed by atoms with Crippen LogP contribution in [0.2, 0.25) is 0 Å². The highest BCUT2D eigenvalue weighted by atomic mass is 32.2. The fraction of sp³-hybridized carbons (Fsp3) is 0.750. The summed E-state index contributed by atoms with van der Waals surface area (Å²) in [6, 6.07) is 0.00289. The molecule has 1 aromatic rings. The van der Waals surface area contributed by atoms with E-state index in [4.69, 9.17) is 5.73 Å². The minimum atomic E-state index is -3.57. The van der Waals surface area contributed by atoms with Gasteiger partial charge in [-0.1, -0.05) is 19.8 Å². The Balaban J connectivity index is 2.20. The second kappa shape index (κ2) is 5.50. The van der Waals surface area contributed by atoms with Crippen molar-refractivity contribution in [1.29, 1.82) is 0 Å². The Bertz CT molecular complexity index is 538. The lowest BCUT2D eigenvalue weighted by Crippen LogP contribution is -2.41. The molecule has 0 bridgehead atoms. The maximum absolute atomic E-state index is 12.4. The van der Waals surface area contributed by atoms with Crippen molar-refractivity contribution in [1.82, 2.24) is 14.5 Å². The van der Waals surface area contributed by atoms with Crippen molar-refractivity contribution in [2.75, 3.05) is 5.73 Å². The summed E-state index contributed by atoms with van der Waals surface area (Å²) in [5.41, 5.74) is 5.82. The molecule has 0 radical (unpaired) electrons. The molecule has 0 aliphatic heterocycles. The Morgan fingerprint density at radius 1 is 1.47 bits per heavy atom. The number of aryl methyl sites for hydroxylation is 1. The summed E-state index contributed by atoms with van der Waals surface area (Å²) in [5.74, 6) is 0.574. The van der Waals surface area contributed by atoms with Gasteiger partial charge in [-0.25, -0.2) is 17.8 Å². The number of aromatic nitrogens is 2. The van der Waals surface area contributed by atoms with E-state index in [1.165, 1.54) is 17.3 Å². The van der Waals surface area contributed by atoms with Gasteiger partial charge in [0.05, 0.1) is 6.20 Å². The highest BCUT2D eigenvalue weighted by molar-refractivity contribution is 7.89. The van der Waals surface area contributed by atoms with Crippen LogP contribution in [0.25, 0.3) is 0 Å². The van der Waals surface area contributed by atoms with Gasteiger partial charge in [0.15, 0.2) is 0 Å². The Kier molecular flexibility index (Phi) is 4.15. The predicted octanol–water partition coefficient (Wildman–Crippen LogP) is 1.34. The van der Waals surface area contributed by atoms with Crippen LogP contribution in [0.15, 0.2) is 11.1 Å². The van der Waals surface area contributed by atoms with Crippen LogP contribution < -0.4 is 10.5 Å². The molecule has 2 unspecified atom stereocenters. The molecule has 2 atom stereocenters. The van der Waals surface area contributed by atoms with Gasteiger partial charge in [-0.3, -0.25) is 0 Å². The van der Waals surface area contributed by atoms with Crippen LogP contribution >= 0.6 is 0 Å². The van der Waals surface area contributed by atoms with E-state index >= 15 is 0 Å². The minimum absolute atomic E-state index is 0.00289. The highest BCUT2D eigenvalue weighted by Crippen LogP contribution is 2.26. The molecule has 6 nitrogen and oxygen atoms in total. The van der Waals surface area contributed by atoms with E-state index in [-0.39, 0.29) is 16.8 Å². The van der Waals surface area contributed by atoms with Crippen molar-refractivity contribution >= 4 is 15.8 Å². The molecule has 1 fully saturated rings. The minimum Gasteiger partial charge on any atom is -0.383 e. The molecule has 108 valence electrons. The molecule has 0 spiro atoms. The van der Waals surface area contributed by atoms with Crippen LogP contribution in [0.3, 0.4) is 0 Å². The van der Waals surface area contributed by atoms with Crippen LogP contribution in [-0.2, 0) is 16.6 Å². The van der Waals surface area contributed by atoms with Crippen LogP contribution in [0.5, 0.6) is 0 Å². The number of hydrogen-bond donors (Lipinski definition) is 2. The molecule has 19 heavy (non-hydrogen) atoms. The zero-order valence-electron chi connectivity index (χ0n) is 11.5. The van der Waals surface area contributed by atoms with Gasteiger partial charge in [0.1, 0.15) is 10.7 Å². The van der Waals surface area contributed by atoms with Crippen LogP contribution in [0, 0.1) is 5.92 Å². The lowest BCUT2D eigenvalue weighted by atomic mass is 9.87. The lowest BCUT2D eigenvalue weighted by Gasteiger charge is -2.29. The van der Waals surface area contributed by atoms with Crippen LogP contribution in [0.1, 0.15) is 39.5 Å². The van der Waals surface area contributed by atoms with Gasteiger partial charge in [0, 0.05) is 12.6 Å². The average molecular weight is 286 g/mol. The first kappa shape index (κ1) is 14.3. The third-order valence-corrected chi connectivity index (χ3v) is 5.36. The van der Waals surface area contributed by atoms with Crippen LogP contribution in [-0.4, -0.2) is 24.2 Å². The number of anilines is 1. The van der Waals surface area contributed by atoms with E-state index in [0.29, 0.717) is 12.5 Å². The van der Waals surface area contributed by atoms with Crippen molar-refractivity contribution < 1.29 is 8.42 Å². The van der Waals surface area contributed by atoms with E-state index in [2.05, 4.69) is 16.7 Å². The molecule has 0 aromatic carbocycles. The Hall–Kier alpha value is -1.08. The topological polar surface area (TPSA) is 90.0 Å². The summed E-state index contributed by atoms with van der Waals surface area (Å²) in [6.45, 7) is 4.52. The molecule has 1 aromatic heterocycles. The SMILES string of the molecule is CCn1ncc(S(=O)(=O)NC2CCCCC2C)c1N. The zero-order chi connectivity index (χ0) is 14.0. The molecule has 1 saturated carbocycles. The summed E-state index contributed by atoms with van der Waals surface area (Å²) in [7, 11) is -3.57. The Morgan fingerprint density at radius 2 is 2.16 bits per heavy atom. The predicted molar refractivity (Wildman–Crippen MR) is 74.1 cm³/mol. The van der Waals surface area contributed by atoms with E-state index in [1.54, 1.807) is 0 Å². The van der Waals surface area contributed by atoms with Crippen molar-refractivity contribution in [3.63, 3.8) is 0 Å². The first-order valence-electron chi connectivity index (χ1n) is 6.79. The summed E-state index contributed by atoms with van der Waals surface area (Å²) >= 11 is 0. The summed E-state index contributed by atoms with van der Waals surface area (Å²) in [4.78, 5) is 0.0899. The summed E-state index contributed by atoms with van der Waals surface area (Å²) < 4.78 is 29.0. The number of hydrogen-bond acceptors (Lipinski definition) is 4. The molecular weight excluding hydrogens is 264 g/mol. The van der Waals surface area contributed by atoms with Gasteiger partial charge in [-0.05, 0) is 25.7 Å². The molecule has 2 rings (SSSR count). The van der Waals surface area contributed by atoms with Gasteiger partial charge in [-0.2, -0.15) is 5.10 Å². The molecule has 7 heteroatoms. The Morgan fingerprint density at radius 3 is 2.74 bits per heavy atom. The standard InChI is InChI=1S/C12H22N4O2S/c1-3-16-12(13)11(8-14-16)19(17,18)15-10-7-5-4-6-9(10)2/h8-10,15H,3-7,13H2,1-2H3. The molecule has 0 saturated heterocycles. The summed E-state index contributed by atoms with van der Waals surface area (Å²) in [5, 5.41) is 3.99. The molecule has 0 amide bonds. The first-order chi connectivity index (χ1) is 8.95. The number of nitrogens with one attached hydrogen (secondary N) is 1. The fourth-order valence-corrected chi connectivity index (χ4v) is 4.03. The molecule has 1 aliphatic carbocycles. The van der Waals surface area contributed by atoms with Gasteiger partial charge in [-0.15, -0.1) is 0 Å². The number of rotatable bonds is 4. The monoisotopic (exact) mass is 286 g/mol. The number of nitrogen functional groups attached to an aromatic ring is 1. The number of nitrogens with zero attached hydrogens (tertiary/aromatic N) is 2. The quantitative estimate of drug-likeness (QED) is 0.874. The zero-order valence-corrected chi connectivity index (χ0v) is 12.3. The second-order valence-corrected chi connectivity index (χ2v) is 6.88. The maximum atomic E-state index is 12.4. The van der Waals surface area contributed by atoms with E-state index in [9.17, 15) is 8.42 Å². The van der Waals surface area contributed by atoms with Crippen molar-refractivity contribution in [2.45, 2.75) is 57.0 Å². The van der Waals surface area contributed by atoms with E-state index in [0.717, 1.165) is 19.3 Å². The third-order valence-electron chi connectivity index (χ3n) is 3.85. The molecule has 1 heterocycles. The molecular formula is C12H22N4O2S. The largest absolute Gasteiger partial charge is 0.383 e. The maximum Gasteiger partial charge on any atom is 0.246 e. The first-order valence-corrected chi connectivity index (χ1v) is 8.27. The molecule has 1 aliphatic rings. The second-order valence-electron chi connectivity index (χ2n) is 5.20. The average Bonchev–Trinajstić information content (AvgIpc) is 2.74. The lowest BCUT2D eigenvalue weighted by molar-refractivity contribution is 0.310. The highest BCUT2D eigenvalue weighted by Gasteiger charge is 2.29. The normalized spacial score (nSPS) is 24.5. The van der Waals surface area contributed by atoms with Gasteiger partial charge in [0.25, 0.3) is 0 Å². The van der Waals surface area contributed by atoms with Crippen molar-refractivity contribution in [2.24, 2.45) is 5.92 Å². The smallest absolute Gasteiger partial charge is 0.246 e. The van der Waals surface area contributed by atoms with E-state index < -0.39 is 10.0 Å². The van der Waals surface area contributed by atoms with E-state index in [1.807, 2.05) is 6.92 Å². The number of nitrogens with two attached hydrogens (primary N) is 1. The fourth-order valence-electron chi connectivity index (χ4n) is 2.59. The third kappa shape index (κ3) is 2.92. The van der Waals surface area contributed by atoms with Crippen LogP contribution in [0.4, 0.5) is 5.82 Å². The van der Waals surface area contributed by atoms with Gasteiger partial charge in [0.2, 0.25) is 10.0 Å². The van der Waals surface area contributed by atoms with Crippen molar-refractivity contribution in [3.8, 4) is 0 Å². The van der Waals surface area contributed by atoms with Gasteiger partial charge < -0.3 is 5.73 Å². The Labute approximate surface area is 114 Å².